The van der Waals surface area contributed by atoms with Crippen LogP contribution in [0.1, 0.15) is 27.2 Å². The van der Waals surface area contributed by atoms with Crippen molar-refractivity contribution >= 4 is 23.8 Å². The van der Waals surface area contributed by atoms with Crippen LogP contribution >= 0.6 is 11.8 Å². The summed E-state index contributed by atoms with van der Waals surface area (Å²) in [6.45, 7) is 8.75. The molecule has 2 N–H and O–H groups in total. The van der Waals surface area contributed by atoms with E-state index in [4.69, 9.17) is 9.84 Å². The van der Waals surface area contributed by atoms with Gasteiger partial charge in [-0.25, -0.2) is 9.59 Å². The first-order valence-corrected chi connectivity index (χ1v) is 6.82. The molecule has 0 saturated heterocycles. The molecule has 1 amide bonds. The van der Waals surface area contributed by atoms with E-state index in [1.807, 2.05) is 0 Å². The number of carbonyl (C=O) groups excluding carboxylic acids is 1. The molecule has 6 heteroatoms. The number of hydrogen-bond acceptors (Lipinski definition) is 4. The first-order chi connectivity index (χ1) is 8.26. The van der Waals surface area contributed by atoms with Crippen LogP contribution in [-0.2, 0) is 9.53 Å². The van der Waals surface area contributed by atoms with E-state index in [9.17, 15) is 9.59 Å². The minimum absolute atomic E-state index is 0.354. The lowest BCUT2D eigenvalue weighted by atomic mass is 10.2. The van der Waals surface area contributed by atoms with Crippen molar-refractivity contribution in [3.8, 4) is 0 Å². The molecule has 0 aliphatic carbocycles. The Hall–Kier alpha value is -1.17. The third-order valence-electron chi connectivity index (χ3n) is 1.78. The Morgan fingerprint density at radius 3 is 2.56 bits per heavy atom. The smallest absolute Gasteiger partial charge is 0.408 e. The average molecular weight is 275 g/mol. The standard InChI is InChI=1S/C12H21NO4S/c1-5-7-18-8-6-9(10(14)15)13-11(16)17-12(2,3)4/h5,9H,1,6-8H2,2-4H3,(H,13,16)(H,14,15)/t9-/m0/s1. The maximum Gasteiger partial charge on any atom is 0.408 e. The van der Waals surface area contributed by atoms with Crippen molar-refractivity contribution in [3.05, 3.63) is 12.7 Å². The summed E-state index contributed by atoms with van der Waals surface area (Å²) < 4.78 is 5.01. The van der Waals surface area contributed by atoms with Crippen LogP contribution in [0.5, 0.6) is 0 Å². The highest BCUT2D eigenvalue weighted by Gasteiger charge is 2.23. The zero-order chi connectivity index (χ0) is 14.2. The summed E-state index contributed by atoms with van der Waals surface area (Å²) in [5.41, 5.74) is -0.634. The monoisotopic (exact) mass is 275 g/mol. The molecule has 0 unspecified atom stereocenters. The number of alkyl carbamates (subject to hydrolysis) is 1. The molecule has 0 radical (unpaired) electrons. The van der Waals surface area contributed by atoms with Crippen LogP contribution in [0.4, 0.5) is 4.79 Å². The molecule has 0 fully saturated rings. The van der Waals surface area contributed by atoms with Gasteiger partial charge in [0.1, 0.15) is 11.6 Å². The molecule has 0 rings (SSSR count). The van der Waals surface area contributed by atoms with Crippen molar-refractivity contribution in [2.45, 2.75) is 38.8 Å². The summed E-state index contributed by atoms with van der Waals surface area (Å²) in [5, 5.41) is 11.3. The van der Waals surface area contributed by atoms with Crippen LogP contribution in [0.25, 0.3) is 0 Å². The Kier molecular flexibility index (Phi) is 7.50. The second-order valence-electron chi connectivity index (χ2n) is 4.69. The van der Waals surface area contributed by atoms with Crippen molar-refractivity contribution < 1.29 is 19.4 Å². The first-order valence-electron chi connectivity index (χ1n) is 5.67. The molecule has 0 aromatic carbocycles. The largest absolute Gasteiger partial charge is 0.480 e. The zero-order valence-corrected chi connectivity index (χ0v) is 11.9. The van der Waals surface area contributed by atoms with Gasteiger partial charge in [0.15, 0.2) is 0 Å². The van der Waals surface area contributed by atoms with Crippen molar-refractivity contribution in [1.29, 1.82) is 0 Å². The van der Waals surface area contributed by atoms with Crippen molar-refractivity contribution in [2.75, 3.05) is 11.5 Å². The fourth-order valence-electron chi connectivity index (χ4n) is 1.08. The minimum atomic E-state index is -1.06. The summed E-state index contributed by atoms with van der Waals surface area (Å²) in [6.07, 6.45) is 1.40. The van der Waals surface area contributed by atoms with Crippen molar-refractivity contribution in [3.63, 3.8) is 0 Å². The quantitative estimate of drug-likeness (QED) is 0.550. The number of amides is 1. The molecule has 0 heterocycles. The summed E-state index contributed by atoms with van der Waals surface area (Å²) in [7, 11) is 0. The van der Waals surface area contributed by atoms with Crippen LogP contribution in [-0.4, -0.2) is 40.3 Å². The van der Waals surface area contributed by atoms with Crippen LogP contribution < -0.4 is 5.32 Å². The van der Waals surface area contributed by atoms with Gasteiger partial charge in [-0.05, 0) is 32.9 Å². The number of carbonyl (C=O) groups is 2. The number of rotatable bonds is 7. The zero-order valence-electron chi connectivity index (χ0n) is 11.1. The lowest BCUT2D eigenvalue weighted by Crippen LogP contribution is -2.43. The Balaban J connectivity index is 4.15. The number of thioether (sulfide) groups is 1. The average Bonchev–Trinajstić information content (AvgIpc) is 2.19. The van der Waals surface area contributed by atoms with E-state index >= 15 is 0 Å². The van der Waals surface area contributed by atoms with Crippen LogP contribution in [0, 0.1) is 0 Å². The molecule has 1 atom stereocenters. The summed E-state index contributed by atoms with van der Waals surface area (Å²) in [6, 6.07) is -0.919. The lowest BCUT2D eigenvalue weighted by Gasteiger charge is -2.21. The molecule has 5 nitrogen and oxygen atoms in total. The Morgan fingerprint density at radius 2 is 2.11 bits per heavy atom. The number of carboxylic acids is 1. The number of ether oxygens (including phenoxy) is 1. The molecule has 0 saturated carbocycles. The molecule has 0 bridgehead atoms. The van der Waals surface area contributed by atoms with E-state index in [0.717, 1.165) is 5.75 Å². The number of aliphatic carboxylic acids is 1. The Labute approximate surface area is 112 Å². The SMILES string of the molecule is C=CCSCC[C@H](NC(=O)OC(C)(C)C)C(=O)O. The predicted octanol–water partition coefficient (Wildman–Crippen LogP) is 2.27. The van der Waals surface area contributed by atoms with Gasteiger partial charge >= 0.3 is 12.1 Å². The highest BCUT2D eigenvalue weighted by atomic mass is 32.2. The molecule has 0 aromatic heterocycles. The van der Waals surface area contributed by atoms with Gasteiger partial charge in [-0.1, -0.05) is 6.08 Å². The number of nitrogens with one attached hydrogen (secondary N) is 1. The van der Waals surface area contributed by atoms with Gasteiger partial charge in [0.25, 0.3) is 0 Å². The summed E-state index contributed by atoms with van der Waals surface area (Å²) in [5.74, 6) is 0.345. The molecule has 18 heavy (non-hydrogen) atoms. The molecule has 0 aliphatic rings. The topological polar surface area (TPSA) is 75.6 Å². The summed E-state index contributed by atoms with van der Waals surface area (Å²) >= 11 is 1.57. The van der Waals surface area contributed by atoms with E-state index in [2.05, 4.69) is 11.9 Å². The van der Waals surface area contributed by atoms with Gasteiger partial charge in [-0.3, -0.25) is 0 Å². The number of carboxylic acid groups (broad SMARTS) is 1. The minimum Gasteiger partial charge on any atom is -0.480 e. The van der Waals surface area contributed by atoms with Gasteiger partial charge < -0.3 is 15.2 Å². The first kappa shape index (κ1) is 16.8. The third-order valence-corrected chi connectivity index (χ3v) is 2.77. The van der Waals surface area contributed by atoms with Crippen LogP contribution in [0.3, 0.4) is 0 Å². The predicted molar refractivity (Wildman–Crippen MR) is 72.9 cm³/mol. The lowest BCUT2D eigenvalue weighted by molar-refractivity contribution is -0.139. The molecule has 0 aromatic rings. The van der Waals surface area contributed by atoms with Gasteiger partial charge in [-0.15, -0.1) is 6.58 Å². The van der Waals surface area contributed by atoms with Crippen LogP contribution in [0.2, 0.25) is 0 Å². The fraction of sp³-hybridized carbons (Fsp3) is 0.667. The molecular formula is C12H21NO4S. The van der Waals surface area contributed by atoms with E-state index in [1.165, 1.54) is 0 Å². The third kappa shape index (κ3) is 8.92. The molecule has 0 spiro atoms. The van der Waals surface area contributed by atoms with Crippen LogP contribution in [0.15, 0.2) is 12.7 Å². The maximum atomic E-state index is 11.4. The van der Waals surface area contributed by atoms with Crippen molar-refractivity contribution in [2.24, 2.45) is 0 Å². The molecule has 104 valence electrons. The second-order valence-corrected chi connectivity index (χ2v) is 5.84. The van der Waals surface area contributed by atoms with E-state index in [0.29, 0.717) is 12.2 Å². The van der Waals surface area contributed by atoms with E-state index in [-0.39, 0.29) is 0 Å². The van der Waals surface area contributed by atoms with E-state index < -0.39 is 23.7 Å². The molecule has 0 aliphatic heterocycles. The second kappa shape index (κ2) is 8.02. The normalized spacial score (nSPS) is 12.6. The Morgan fingerprint density at radius 1 is 1.50 bits per heavy atom. The van der Waals surface area contributed by atoms with E-state index in [1.54, 1.807) is 38.6 Å². The highest BCUT2D eigenvalue weighted by molar-refractivity contribution is 7.99. The van der Waals surface area contributed by atoms with Gasteiger partial charge in [0.05, 0.1) is 0 Å². The highest BCUT2D eigenvalue weighted by Crippen LogP contribution is 2.09. The fourth-order valence-corrected chi connectivity index (χ4v) is 1.81. The van der Waals surface area contributed by atoms with Gasteiger partial charge in [-0.2, -0.15) is 11.8 Å². The van der Waals surface area contributed by atoms with Gasteiger partial charge in [0.2, 0.25) is 0 Å². The molecular weight excluding hydrogens is 254 g/mol. The maximum absolute atomic E-state index is 11.4. The summed E-state index contributed by atoms with van der Waals surface area (Å²) in [4.78, 5) is 22.4. The van der Waals surface area contributed by atoms with Gasteiger partial charge in [0, 0.05) is 5.75 Å². The number of hydrogen-bond donors (Lipinski definition) is 2. The Bertz CT molecular complexity index is 299. The van der Waals surface area contributed by atoms with Crippen molar-refractivity contribution in [1.82, 2.24) is 5.32 Å².